The van der Waals surface area contributed by atoms with Gasteiger partial charge in [0.15, 0.2) is 0 Å². The predicted octanol–water partition coefficient (Wildman–Crippen LogP) is 2.81. The summed E-state index contributed by atoms with van der Waals surface area (Å²) in [5, 5.41) is 3.33. The Morgan fingerprint density at radius 2 is 2.05 bits per heavy atom. The fourth-order valence-electron chi connectivity index (χ4n) is 2.62. The zero-order chi connectivity index (χ0) is 14.2. The third-order valence-electron chi connectivity index (χ3n) is 3.79. The number of hydrogen-bond acceptors (Lipinski definition) is 3. The molecular formula is C16H25FN2O. The van der Waals surface area contributed by atoms with E-state index in [2.05, 4.69) is 17.1 Å². The summed E-state index contributed by atoms with van der Waals surface area (Å²) in [6, 6.07) is 6.97. The van der Waals surface area contributed by atoms with Gasteiger partial charge in [-0.25, -0.2) is 4.39 Å². The predicted molar refractivity (Wildman–Crippen MR) is 80.7 cm³/mol. The van der Waals surface area contributed by atoms with Crippen molar-refractivity contribution < 1.29 is 9.13 Å². The Kier molecular flexibility index (Phi) is 6.27. The van der Waals surface area contributed by atoms with Crippen LogP contribution in [0, 0.1) is 5.82 Å². The van der Waals surface area contributed by atoms with Gasteiger partial charge in [-0.1, -0.05) is 12.1 Å². The molecule has 112 valence electrons. The first-order valence-corrected chi connectivity index (χ1v) is 7.63. The van der Waals surface area contributed by atoms with E-state index in [0.29, 0.717) is 11.8 Å². The molecule has 1 aromatic rings. The van der Waals surface area contributed by atoms with Gasteiger partial charge in [-0.05, 0) is 51.4 Å². The van der Waals surface area contributed by atoms with Gasteiger partial charge in [-0.2, -0.15) is 0 Å². The lowest BCUT2D eigenvalue weighted by Crippen LogP contribution is -2.33. The fourth-order valence-corrected chi connectivity index (χ4v) is 2.62. The monoisotopic (exact) mass is 280 g/mol. The van der Waals surface area contributed by atoms with E-state index >= 15 is 0 Å². The van der Waals surface area contributed by atoms with Crippen LogP contribution in [0.5, 0.6) is 0 Å². The van der Waals surface area contributed by atoms with Gasteiger partial charge in [0.2, 0.25) is 0 Å². The first kappa shape index (κ1) is 15.3. The molecule has 1 aromatic carbocycles. The maximum absolute atomic E-state index is 13.7. The highest BCUT2D eigenvalue weighted by molar-refractivity contribution is 5.47. The zero-order valence-electron chi connectivity index (χ0n) is 12.3. The van der Waals surface area contributed by atoms with Crippen molar-refractivity contribution in [3.63, 3.8) is 0 Å². The first-order valence-electron chi connectivity index (χ1n) is 7.63. The molecule has 0 radical (unpaired) electrons. The van der Waals surface area contributed by atoms with Gasteiger partial charge in [0.25, 0.3) is 0 Å². The number of nitrogens with zero attached hydrogens (tertiary/aromatic N) is 1. The highest BCUT2D eigenvalue weighted by Gasteiger charge is 2.13. The van der Waals surface area contributed by atoms with E-state index in [9.17, 15) is 4.39 Å². The number of para-hydroxylation sites is 1. The van der Waals surface area contributed by atoms with Crippen LogP contribution in [0.3, 0.4) is 0 Å². The lowest BCUT2D eigenvalue weighted by molar-refractivity contribution is 0.0324. The minimum Gasteiger partial charge on any atom is -0.378 e. The van der Waals surface area contributed by atoms with Crippen LogP contribution in [-0.2, 0) is 4.74 Å². The molecule has 2 rings (SSSR count). The molecule has 0 aromatic heterocycles. The van der Waals surface area contributed by atoms with Crippen molar-refractivity contribution in [1.29, 1.82) is 0 Å². The number of rotatable bonds is 7. The van der Waals surface area contributed by atoms with Crippen LogP contribution in [0.2, 0.25) is 0 Å². The topological polar surface area (TPSA) is 24.5 Å². The van der Waals surface area contributed by atoms with Crippen LogP contribution < -0.4 is 10.2 Å². The van der Waals surface area contributed by atoms with Crippen molar-refractivity contribution in [3.8, 4) is 0 Å². The second-order valence-corrected chi connectivity index (χ2v) is 5.20. The summed E-state index contributed by atoms with van der Waals surface area (Å²) >= 11 is 0. The summed E-state index contributed by atoms with van der Waals surface area (Å²) in [5.41, 5.74) is 0.692. The average molecular weight is 280 g/mol. The molecule has 0 aliphatic carbocycles. The van der Waals surface area contributed by atoms with Crippen molar-refractivity contribution >= 4 is 5.69 Å². The smallest absolute Gasteiger partial charge is 0.146 e. The van der Waals surface area contributed by atoms with Crippen molar-refractivity contribution in [2.24, 2.45) is 0 Å². The average Bonchev–Trinajstić information content (AvgIpc) is 2.50. The van der Waals surface area contributed by atoms with E-state index in [1.807, 2.05) is 12.1 Å². The normalized spacial score (nSPS) is 16.3. The molecule has 0 saturated carbocycles. The Hall–Kier alpha value is -1.13. The van der Waals surface area contributed by atoms with Crippen molar-refractivity contribution in [3.05, 3.63) is 30.1 Å². The van der Waals surface area contributed by atoms with Gasteiger partial charge >= 0.3 is 0 Å². The van der Waals surface area contributed by atoms with Crippen LogP contribution in [0.1, 0.15) is 26.2 Å². The standard InChI is InChI=1S/C16H25FN2O/c1-2-19(16-7-4-3-6-15(16)17)12-5-13-20-14-8-10-18-11-9-14/h3-4,6-7,14,18H,2,5,8-13H2,1H3. The molecule has 0 unspecified atom stereocenters. The maximum Gasteiger partial charge on any atom is 0.146 e. The Labute approximate surface area is 121 Å². The number of nitrogens with one attached hydrogen (secondary N) is 1. The fraction of sp³-hybridized carbons (Fsp3) is 0.625. The number of benzene rings is 1. The molecule has 0 atom stereocenters. The number of hydrogen-bond donors (Lipinski definition) is 1. The minimum absolute atomic E-state index is 0.145. The van der Waals surface area contributed by atoms with Crippen LogP contribution in [0.4, 0.5) is 10.1 Å². The molecule has 1 fully saturated rings. The molecule has 3 nitrogen and oxygen atoms in total. The van der Waals surface area contributed by atoms with E-state index in [-0.39, 0.29) is 5.82 Å². The number of anilines is 1. The number of halogens is 1. The van der Waals surface area contributed by atoms with Crippen LogP contribution in [-0.4, -0.2) is 38.9 Å². The molecule has 20 heavy (non-hydrogen) atoms. The first-order chi connectivity index (χ1) is 9.81. The molecule has 1 aliphatic heterocycles. The summed E-state index contributed by atoms with van der Waals surface area (Å²) in [7, 11) is 0. The van der Waals surface area contributed by atoms with Gasteiger partial charge < -0.3 is 15.0 Å². The lowest BCUT2D eigenvalue weighted by Gasteiger charge is -2.25. The van der Waals surface area contributed by atoms with Crippen LogP contribution in [0.15, 0.2) is 24.3 Å². The van der Waals surface area contributed by atoms with Crippen LogP contribution in [0.25, 0.3) is 0 Å². The molecule has 0 amide bonds. The van der Waals surface area contributed by atoms with Gasteiger partial charge in [0.05, 0.1) is 11.8 Å². The van der Waals surface area contributed by atoms with Gasteiger partial charge in [-0.15, -0.1) is 0 Å². The van der Waals surface area contributed by atoms with E-state index in [1.165, 1.54) is 6.07 Å². The van der Waals surface area contributed by atoms with Crippen molar-refractivity contribution in [2.75, 3.05) is 37.7 Å². The third-order valence-corrected chi connectivity index (χ3v) is 3.79. The Morgan fingerprint density at radius 3 is 2.75 bits per heavy atom. The Balaban J connectivity index is 1.72. The molecule has 1 aliphatic rings. The van der Waals surface area contributed by atoms with E-state index in [4.69, 9.17) is 4.74 Å². The molecule has 1 heterocycles. The molecule has 0 bridgehead atoms. The quantitative estimate of drug-likeness (QED) is 0.777. The van der Waals surface area contributed by atoms with Gasteiger partial charge in [0.1, 0.15) is 5.82 Å². The second kappa shape index (κ2) is 8.22. The lowest BCUT2D eigenvalue weighted by atomic mass is 10.1. The second-order valence-electron chi connectivity index (χ2n) is 5.20. The molecule has 0 spiro atoms. The van der Waals surface area contributed by atoms with Crippen molar-refractivity contribution in [1.82, 2.24) is 5.32 Å². The minimum atomic E-state index is -0.145. The Bertz CT molecular complexity index is 394. The van der Waals surface area contributed by atoms with Gasteiger partial charge in [-0.3, -0.25) is 0 Å². The Morgan fingerprint density at radius 1 is 1.30 bits per heavy atom. The molecule has 1 saturated heterocycles. The highest BCUT2D eigenvalue weighted by atomic mass is 19.1. The molecule has 1 N–H and O–H groups in total. The largest absolute Gasteiger partial charge is 0.378 e. The van der Waals surface area contributed by atoms with E-state index < -0.39 is 0 Å². The summed E-state index contributed by atoms with van der Waals surface area (Å²) in [6.45, 7) is 6.58. The summed E-state index contributed by atoms with van der Waals surface area (Å²) in [6.07, 6.45) is 3.54. The summed E-state index contributed by atoms with van der Waals surface area (Å²) < 4.78 is 19.6. The van der Waals surface area contributed by atoms with E-state index in [0.717, 1.165) is 52.0 Å². The molecular weight excluding hydrogens is 255 g/mol. The van der Waals surface area contributed by atoms with Gasteiger partial charge in [0, 0.05) is 19.7 Å². The third kappa shape index (κ3) is 4.46. The number of piperidine rings is 1. The SMILES string of the molecule is CCN(CCCOC1CCNCC1)c1ccccc1F. The maximum atomic E-state index is 13.7. The van der Waals surface area contributed by atoms with E-state index in [1.54, 1.807) is 6.07 Å². The zero-order valence-corrected chi connectivity index (χ0v) is 12.3. The summed E-state index contributed by atoms with van der Waals surface area (Å²) in [5.74, 6) is -0.145. The van der Waals surface area contributed by atoms with Crippen molar-refractivity contribution in [2.45, 2.75) is 32.3 Å². The van der Waals surface area contributed by atoms with Crippen LogP contribution >= 0.6 is 0 Å². The number of ether oxygens (including phenoxy) is 1. The highest BCUT2D eigenvalue weighted by Crippen LogP contribution is 2.18. The summed E-state index contributed by atoms with van der Waals surface area (Å²) in [4.78, 5) is 2.07. The molecule has 4 heteroatoms.